The van der Waals surface area contributed by atoms with E-state index in [9.17, 15) is 4.79 Å². The number of fused-ring (bicyclic) bond motifs is 1. The van der Waals surface area contributed by atoms with Gasteiger partial charge in [0.05, 0.1) is 16.1 Å². The van der Waals surface area contributed by atoms with Gasteiger partial charge in [0.2, 0.25) is 0 Å². The SMILES string of the molecule is O=c1ccc2ncc(Cl)cc2n1CCN1CC[CH]CC1. The van der Waals surface area contributed by atoms with E-state index in [1.807, 2.05) is 6.07 Å². The molecular weight excluding hydrogens is 274 g/mol. The van der Waals surface area contributed by atoms with Crippen molar-refractivity contribution in [2.75, 3.05) is 19.6 Å². The van der Waals surface area contributed by atoms with Crippen molar-refractivity contribution in [2.45, 2.75) is 19.4 Å². The number of piperidine rings is 1. The molecule has 0 aromatic carbocycles. The first-order valence-electron chi connectivity index (χ1n) is 6.93. The van der Waals surface area contributed by atoms with Crippen LogP contribution in [0.2, 0.25) is 5.02 Å². The smallest absolute Gasteiger partial charge is 0.251 e. The lowest BCUT2D eigenvalue weighted by Crippen LogP contribution is -2.34. The van der Waals surface area contributed by atoms with E-state index in [1.165, 1.54) is 0 Å². The fourth-order valence-electron chi connectivity index (χ4n) is 2.64. The molecule has 1 fully saturated rings. The van der Waals surface area contributed by atoms with Crippen molar-refractivity contribution in [3.63, 3.8) is 0 Å². The summed E-state index contributed by atoms with van der Waals surface area (Å²) >= 11 is 6.00. The summed E-state index contributed by atoms with van der Waals surface area (Å²) in [4.78, 5) is 18.7. The highest BCUT2D eigenvalue weighted by Gasteiger charge is 2.11. The Morgan fingerprint density at radius 2 is 2.00 bits per heavy atom. The van der Waals surface area contributed by atoms with Crippen LogP contribution >= 0.6 is 11.6 Å². The molecule has 1 radical (unpaired) electrons. The Kier molecular flexibility index (Phi) is 4.03. The van der Waals surface area contributed by atoms with Gasteiger partial charge in [-0.3, -0.25) is 9.78 Å². The number of rotatable bonds is 3. The summed E-state index contributed by atoms with van der Waals surface area (Å²) in [5.74, 6) is 0. The van der Waals surface area contributed by atoms with E-state index >= 15 is 0 Å². The van der Waals surface area contributed by atoms with Gasteiger partial charge in [0, 0.05) is 25.4 Å². The van der Waals surface area contributed by atoms with Gasteiger partial charge in [0.25, 0.3) is 5.56 Å². The first kappa shape index (κ1) is 13.6. The summed E-state index contributed by atoms with van der Waals surface area (Å²) in [5.41, 5.74) is 1.62. The first-order valence-corrected chi connectivity index (χ1v) is 7.31. The summed E-state index contributed by atoms with van der Waals surface area (Å²) in [6, 6.07) is 5.14. The van der Waals surface area contributed by atoms with Crippen LogP contribution in [0.4, 0.5) is 0 Å². The molecule has 0 N–H and O–H groups in total. The molecule has 105 valence electrons. The minimum absolute atomic E-state index is 0.00476. The summed E-state index contributed by atoms with van der Waals surface area (Å²) in [6.07, 6.45) is 6.21. The van der Waals surface area contributed by atoms with Crippen LogP contribution in [0.1, 0.15) is 12.8 Å². The van der Waals surface area contributed by atoms with Gasteiger partial charge in [-0.15, -0.1) is 0 Å². The molecule has 3 rings (SSSR count). The maximum absolute atomic E-state index is 12.1. The third kappa shape index (κ3) is 2.86. The second-order valence-electron chi connectivity index (χ2n) is 5.09. The summed E-state index contributed by atoms with van der Waals surface area (Å²) in [5, 5.41) is 0.560. The number of likely N-dealkylation sites (tertiary alicyclic amines) is 1. The largest absolute Gasteiger partial charge is 0.305 e. The topological polar surface area (TPSA) is 38.1 Å². The van der Waals surface area contributed by atoms with Gasteiger partial charge in [0.15, 0.2) is 0 Å². The second-order valence-corrected chi connectivity index (χ2v) is 5.53. The van der Waals surface area contributed by atoms with E-state index in [2.05, 4.69) is 16.3 Å². The molecule has 0 spiro atoms. The molecule has 5 heteroatoms. The molecule has 0 aliphatic carbocycles. The molecular formula is C15H17ClN3O. The zero-order chi connectivity index (χ0) is 13.9. The van der Waals surface area contributed by atoms with Crippen LogP contribution in [0.25, 0.3) is 11.0 Å². The van der Waals surface area contributed by atoms with Gasteiger partial charge >= 0.3 is 0 Å². The standard InChI is InChI=1S/C15H17ClN3O/c16-12-10-14-13(17-11-12)4-5-15(20)19(14)9-8-18-6-2-1-3-7-18/h1,4-5,10-11H,2-3,6-9H2. The predicted octanol–water partition coefficient (Wildman–Crippen LogP) is 2.35. The summed E-state index contributed by atoms with van der Waals surface area (Å²) in [6.45, 7) is 3.73. The van der Waals surface area contributed by atoms with Crippen molar-refractivity contribution < 1.29 is 0 Å². The van der Waals surface area contributed by atoms with E-state index in [-0.39, 0.29) is 5.56 Å². The zero-order valence-corrected chi connectivity index (χ0v) is 12.0. The lowest BCUT2D eigenvalue weighted by atomic mass is 10.1. The second kappa shape index (κ2) is 5.94. The van der Waals surface area contributed by atoms with E-state index in [0.29, 0.717) is 11.6 Å². The van der Waals surface area contributed by atoms with Gasteiger partial charge in [-0.2, -0.15) is 0 Å². The molecule has 0 amide bonds. The van der Waals surface area contributed by atoms with Crippen LogP contribution in [-0.2, 0) is 6.54 Å². The quantitative estimate of drug-likeness (QED) is 0.871. The van der Waals surface area contributed by atoms with Crippen LogP contribution in [0.15, 0.2) is 29.2 Å². The summed E-state index contributed by atoms with van der Waals surface area (Å²) < 4.78 is 1.77. The van der Waals surface area contributed by atoms with Gasteiger partial charge in [-0.1, -0.05) is 11.6 Å². The first-order chi connectivity index (χ1) is 9.74. The van der Waals surface area contributed by atoms with Crippen molar-refractivity contribution in [1.82, 2.24) is 14.5 Å². The number of pyridine rings is 2. The Balaban J connectivity index is 1.87. The van der Waals surface area contributed by atoms with Crippen LogP contribution in [0.5, 0.6) is 0 Å². The highest BCUT2D eigenvalue weighted by atomic mass is 35.5. The Bertz CT molecular complexity index is 662. The zero-order valence-electron chi connectivity index (χ0n) is 11.3. The molecule has 0 unspecified atom stereocenters. The molecule has 0 saturated carbocycles. The Morgan fingerprint density at radius 3 is 2.80 bits per heavy atom. The van der Waals surface area contributed by atoms with Gasteiger partial charge < -0.3 is 9.47 Å². The van der Waals surface area contributed by atoms with Crippen LogP contribution in [0, 0.1) is 6.42 Å². The maximum atomic E-state index is 12.1. The Hall–Kier alpha value is -1.39. The molecule has 2 aromatic rings. The van der Waals surface area contributed by atoms with Crippen molar-refractivity contribution in [2.24, 2.45) is 0 Å². The third-order valence-corrected chi connectivity index (χ3v) is 3.95. The Labute approximate surface area is 123 Å². The van der Waals surface area contributed by atoms with Crippen LogP contribution < -0.4 is 5.56 Å². The molecule has 3 heterocycles. The molecule has 4 nitrogen and oxygen atoms in total. The monoisotopic (exact) mass is 290 g/mol. The third-order valence-electron chi connectivity index (χ3n) is 3.74. The molecule has 1 aliphatic heterocycles. The minimum atomic E-state index is 0.00476. The fourth-order valence-corrected chi connectivity index (χ4v) is 2.79. The predicted molar refractivity (Wildman–Crippen MR) is 81.0 cm³/mol. The number of aromatic nitrogens is 2. The normalized spacial score (nSPS) is 16.6. The van der Waals surface area contributed by atoms with E-state index in [1.54, 1.807) is 22.9 Å². The molecule has 2 aromatic heterocycles. The van der Waals surface area contributed by atoms with Crippen molar-refractivity contribution >= 4 is 22.6 Å². The maximum Gasteiger partial charge on any atom is 0.251 e. The van der Waals surface area contributed by atoms with E-state index < -0.39 is 0 Å². The van der Waals surface area contributed by atoms with E-state index in [0.717, 1.165) is 43.5 Å². The average Bonchev–Trinajstić information content (AvgIpc) is 2.47. The molecule has 0 bridgehead atoms. The highest BCUT2D eigenvalue weighted by molar-refractivity contribution is 6.31. The number of halogens is 1. The number of hydrogen-bond donors (Lipinski definition) is 0. The molecule has 0 atom stereocenters. The van der Waals surface area contributed by atoms with Gasteiger partial charge in [-0.25, -0.2) is 0 Å². The molecule has 1 aliphatic rings. The molecule has 1 saturated heterocycles. The van der Waals surface area contributed by atoms with Crippen LogP contribution in [-0.4, -0.2) is 34.1 Å². The van der Waals surface area contributed by atoms with Crippen molar-refractivity contribution in [3.8, 4) is 0 Å². The van der Waals surface area contributed by atoms with E-state index in [4.69, 9.17) is 11.6 Å². The lowest BCUT2D eigenvalue weighted by Gasteiger charge is -2.26. The van der Waals surface area contributed by atoms with Gasteiger partial charge in [-0.05, 0) is 44.5 Å². The van der Waals surface area contributed by atoms with Crippen molar-refractivity contribution in [3.05, 3.63) is 46.2 Å². The lowest BCUT2D eigenvalue weighted by molar-refractivity contribution is 0.245. The Morgan fingerprint density at radius 1 is 1.20 bits per heavy atom. The van der Waals surface area contributed by atoms with Gasteiger partial charge in [0.1, 0.15) is 0 Å². The highest BCUT2D eigenvalue weighted by Crippen LogP contribution is 2.15. The number of nitrogens with zero attached hydrogens (tertiary/aromatic N) is 3. The fraction of sp³-hybridized carbons (Fsp3) is 0.400. The number of hydrogen-bond acceptors (Lipinski definition) is 3. The molecule has 20 heavy (non-hydrogen) atoms. The van der Waals surface area contributed by atoms with Crippen LogP contribution in [0.3, 0.4) is 0 Å². The summed E-state index contributed by atoms with van der Waals surface area (Å²) in [7, 11) is 0. The van der Waals surface area contributed by atoms with Crippen molar-refractivity contribution in [1.29, 1.82) is 0 Å². The minimum Gasteiger partial charge on any atom is -0.305 e. The average molecular weight is 291 g/mol.